The molecule has 6 rings (SSSR count). The molecule has 0 bridgehead atoms. The van der Waals surface area contributed by atoms with Crippen LogP contribution in [0.15, 0.2) is 83.4 Å². The van der Waals surface area contributed by atoms with Gasteiger partial charge in [0, 0.05) is 54.2 Å². The Labute approximate surface area is 272 Å². The van der Waals surface area contributed by atoms with E-state index >= 15 is 0 Å². The Hall–Kier alpha value is -5.11. The summed E-state index contributed by atoms with van der Waals surface area (Å²) in [6.45, 7) is 5.76. The molecule has 1 amide bonds. The topological polar surface area (TPSA) is 186 Å². The lowest BCUT2D eigenvalue weighted by Gasteiger charge is -2.38. The molecular formula is C33H42N10O4. The van der Waals surface area contributed by atoms with E-state index in [4.69, 9.17) is 5.73 Å². The fourth-order valence-electron chi connectivity index (χ4n) is 6.19. The summed E-state index contributed by atoms with van der Waals surface area (Å²) in [7, 11) is 0. The molecule has 2 aliphatic carbocycles. The SMILES string of the molecule is CC(C)(C)N(C(=O)O)[C@H]1CC[C@H](Nc2ccc(-n3cnccc3=O)cn2)C1.N[C@H]1CC[C@H](Nc2ccc(-n3cnccc3=O)cn2)C1. The van der Waals surface area contributed by atoms with Gasteiger partial charge in [0.05, 0.1) is 23.8 Å². The van der Waals surface area contributed by atoms with E-state index in [9.17, 15) is 19.5 Å². The second-order valence-corrected chi connectivity index (χ2v) is 12.9. The number of amides is 1. The highest BCUT2D eigenvalue weighted by atomic mass is 16.4. The zero-order chi connectivity index (χ0) is 33.6. The molecule has 0 saturated heterocycles. The molecule has 4 aromatic rings. The lowest BCUT2D eigenvalue weighted by Crippen LogP contribution is -2.50. The van der Waals surface area contributed by atoms with Gasteiger partial charge in [0.15, 0.2) is 0 Å². The molecule has 14 heteroatoms. The van der Waals surface area contributed by atoms with E-state index in [-0.39, 0.29) is 23.2 Å². The Morgan fingerprint density at radius 1 is 0.809 bits per heavy atom. The van der Waals surface area contributed by atoms with Crippen molar-refractivity contribution >= 4 is 17.7 Å². The van der Waals surface area contributed by atoms with Gasteiger partial charge in [-0.05, 0) is 83.6 Å². The minimum atomic E-state index is -0.877. The number of aromatic nitrogens is 6. The van der Waals surface area contributed by atoms with Crippen molar-refractivity contribution in [2.45, 2.75) is 89.0 Å². The van der Waals surface area contributed by atoms with Gasteiger partial charge in [-0.25, -0.2) is 24.7 Å². The summed E-state index contributed by atoms with van der Waals surface area (Å²) >= 11 is 0. The highest BCUT2D eigenvalue weighted by molar-refractivity contribution is 5.66. The predicted octanol–water partition coefficient (Wildman–Crippen LogP) is 3.66. The van der Waals surface area contributed by atoms with Gasteiger partial charge in [-0.2, -0.15) is 0 Å². The van der Waals surface area contributed by atoms with E-state index < -0.39 is 11.6 Å². The van der Waals surface area contributed by atoms with E-state index in [0.29, 0.717) is 29.3 Å². The molecule has 4 aromatic heterocycles. The summed E-state index contributed by atoms with van der Waals surface area (Å²) in [6, 6.07) is 11.0. The largest absolute Gasteiger partial charge is 0.465 e. The zero-order valence-corrected chi connectivity index (χ0v) is 26.9. The molecule has 0 aliphatic heterocycles. The number of nitrogens with two attached hydrogens (primary N) is 1. The van der Waals surface area contributed by atoms with Crippen LogP contribution in [-0.4, -0.2) is 74.9 Å². The van der Waals surface area contributed by atoms with Crippen molar-refractivity contribution in [3.8, 4) is 11.4 Å². The average molecular weight is 643 g/mol. The molecule has 4 atom stereocenters. The lowest BCUT2D eigenvalue weighted by molar-refractivity contribution is 0.0718. The fourth-order valence-corrected chi connectivity index (χ4v) is 6.19. The number of hydrogen-bond donors (Lipinski definition) is 4. The van der Waals surface area contributed by atoms with Crippen LogP contribution in [0.5, 0.6) is 0 Å². The van der Waals surface area contributed by atoms with Crippen LogP contribution in [0.25, 0.3) is 11.4 Å². The van der Waals surface area contributed by atoms with Gasteiger partial charge in [-0.1, -0.05) is 0 Å². The molecule has 2 aliphatic rings. The quantitative estimate of drug-likeness (QED) is 0.230. The Bertz CT molecular complexity index is 1750. The number of nitrogens with zero attached hydrogens (tertiary/aromatic N) is 7. The van der Waals surface area contributed by atoms with E-state index in [2.05, 4.69) is 30.6 Å². The number of anilines is 2. The van der Waals surface area contributed by atoms with Gasteiger partial charge in [0.1, 0.15) is 24.3 Å². The van der Waals surface area contributed by atoms with Gasteiger partial charge in [-0.3, -0.25) is 18.7 Å². The molecule has 2 saturated carbocycles. The Balaban J connectivity index is 0.000000193. The van der Waals surface area contributed by atoms with Crippen LogP contribution in [0, 0.1) is 0 Å². The monoisotopic (exact) mass is 642 g/mol. The van der Waals surface area contributed by atoms with Crippen LogP contribution in [0.4, 0.5) is 16.4 Å². The number of carboxylic acid groups (broad SMARTS) is 1. The number of rotatable bonds is 7. The molecule has 14 nitrogen and oxygen atoms in total. The molecule has 0 spiro atoms. The third-order valence-corrected chi connectivity index (χ3v) is 8.37. The molecule has 0 aromatic carbocycles. The van der Waals surface area contributed by atoms with Gasteiger partial charge >= 0.3 is 6.09 Å². The first-order chi connectivity index (χ1) is 22.5. The van der Waals surface area contributed by atoms with Gasteiger partial charge in [0.2, 0.25) is 0 Å². The summed E-state index contributed by atoms with van der Waals surface area (Å²) in [6.07, 6.45) is 13.9. The van der Waals surface area contributed by atoms with E-state index in [1.54, 1.807) is 17.3 Å². The van der Waals surface area contributed by atoms with Crippen molar-refractivity contribution in [3.63, 3.8) is 0 Å². The van der Waals surface area contributed by atoms with Crippen LogP contribution in [0.3, 0.4) is 0 Å². The zero-order valence-electron chi connectivity index (χ0n) is 26.9. The second kappa shape index (κ2) is 14.5. The Kier molecular flexibility index (Phi) is 10.3. The Morgan fingerprint density at radius 2 is 1.32 bits per heavy atom. The highest BCUT2D eigenvalue weighted by Gasteiger charge is 2.38. The van der Waals surface area contributed by atoms with Gasteiger partial charge in [0.25, 0.3) is 11.1 Å². The van der Waals surface area contributed by atoms with Crippen molar-refractivity contribution in [2.75, 3.05) is 10.6 Å². The van der Waals surface area contributed by atoms with Gasteiger partial charge in [-0.15, -0.1) is 0 Å². The lowest BCUT2D eigenvalue weighted by atomic mass is 10.0. The van der Waals surface area contributed by atoms with Crippen LogP contribution in [0.1, 0.15) is 59.3 Å². The van der Waals surface area contributed by atoms with Crippen molar-refractivity contribution in [1.82, 2.24) is 34.0 Å². The first-order valence-corrected chi connectivity index (χ1v) is 15.8. The minimum absolute atomic E-state index is 0.00626. The number of hydrogen-bond acceptors (Lipinski definition) is 10. The van der Waals surface area contributed by atoms with E-state index in [1.165, 1.54) is 46.3 Å². The molecule has 0 radical (unpaired) electrons. The molecule has 47 heavy (non-hydrogen) atoms. The average Bonchev–Trinajstić information content (AvgIpc) is 3.66. The summed E-state index contributed by atoms with van der Waals surface area (Å²) in [5.74, 6) is 1.52. The number of nitrogens with one attached hydrogen (secondary N) is 2. The third-order valence-electron chi connectivity index (χ3n) is 8.37. The van der Waals surface area contributed by atoms with Crippen LogP contribution >= 0.6 is 0 Å². The summed E-state index contributed by atoms with van der Waals surface area (Å²) in [4.78, 5) is 53.4. The minimum Gasteiger partial charge on any atom is -0.465 e. The molecular weight excluding hydrogens is 600 g/mol. The van der Waals surface area contributed by atoms with Crippen molar-refractivity contribution in [1.29, 1.82) is 0 Å². The first-order valence-electron chi connectivity index (χ1n) is 15.8. The van der Waals surface area contributed by atoms with E-state index in [1.807, 2.05) is 45.0 Å². The summed E-state index contributed by atoms with van der Waals surface area (Å²) < 4.78 is 2.89. The van der Waals surface area contributed by atoms with Crippen molar-refractivity contribution < 1.29 is 9.90 Å². The van der Waals surface area contributed by atoms with Crippen LogP contribution in [0.2, 0.25) is 0 Å². The molecule has 5 N–H and O–H groups in total. The predicted molar refractivity (Wildman–Crippen MR) is 179 cm³/mol. The maximum Gasteiger partial charge on any atom is 0.407 e. The standard InChI is InChI=1S/C19H25N5O3.C14H17N5O/c1-19(2,3)24(18(26)27)14-5-4-13(10-14)22-16-7-6-15(11-21-16)23-12-20-9-8-17(23)25;15-10-1-2-11(7-10)18-13-4-3-12(8-17-13)19-9-16-6-5-14(19)20/h6-9,11-14H,4-5,10H2,1-3H3,(H,21,22)(H,26,27);3-6,8-11H,1-2,7,15H2,(H,17,18)/t13-,14-;10-,11-/m00/s1. The molecule has 4 heterocycles. The number of pyridine rings is 2. The fraction of sp³-hybridized carbons (Fsp3) is 0.424. The summed E-state index contributed by atoms with van der Waals surface area (Å²) in [5.41, 5.74) is 6.53. The Morgan fingerprint density at radius 3 is 1.72 bits per heavy atom. The maximum absolute atomic E-state index is 11.8. The molecule has 0 unspecified atom stereocenters. The van der Waals surface area contributed by atoms with Crippen LogP contribution < -0.4 is 27.5 Å². The first kappa shape index (κ1) is 33.3. The second-order valence-electron chi connectivity index (χ2n) is 12.9. The summed E-state index contributed by atoms with van der Waals surface area (Å²) in [5, 5.41) is 16.3. The third kappa shape index (κ3) is 8.58. The van der Waals surface area contributed by atoms with Crippen molar-refractivity contribution in [2.24, 2.45) is 5.73 Å². The van der Waals surface area contributed by atoms with Crippen LogP contribution in [-0.2, 0) is 0 Å². The molecule has 2 fully saturated rings. The number of carbonyl (C=O) groups is 1. The van der Waals surface area contributed by atoms with E-state index in [0.717, 1.165) is 44.3 Å². The molecule has 248 valence electrons. The van der Waals surface area contributed by atoms with Gasteiger partial charge < -0.3 is 26.4 Å². The normalized spacial score (nSPS) is 20.6. The smallest absolute Gasteiger partial charge is 0.407 e. The highest BCUT2D eigenvalue weighted by Crippen LogP contribution is 2.31. The van der Waals surface area contributed by atoms with Crippen molar-refractivity contribution in [3.05, 3.63) is 94.5 Å². The maximum atomic E-state index is 11.8.